The van der Waals surface area contributed by atoms with Crippen molar-refractivity contribution in [1.82, 2.24) is 0 Å². The minimum Gasteiger partial charge on any atom is -0.394 e. The van der Waals surface area contributed by atoms with Gasteiger partial charge in [-0.15, -0.1) is 0 Å². The Morgan fingerprint density at radius 1 is 0.829 bits per heavy atom. The lowest BCUT2D eigenvalue weighted by Crippen LogP contribution is -2.60. The highest BCUT2D eigenvalue weighted by Gasteiger charge is 2.69. The summed E-state index contributed by atoms with van der Waals surface area (Å²) in [6, 6.07) is 0. The van der Waals surface area contributed by atoms with Crippen LogP contribution in [0.5, 0.6) is 0 Å². The van der Waals surface area contributed by atoms with Gasteiger partial charge in [-0.2, -0.15) is 0 Å². The highest BCUT2D eigenvalue weighted by molar-refractivity contribution is 5.15. The molecule has 7 rings (SSSR count). The average molecular weight is 579 g/mol. The SMILES string of the molecule is CC1CCC2(OC1)OC1CC3C4CC[C@@H]5CC(O[C@@H]6O[C@H](CO)[C@H](O)[C@@H](O)[C@H]6O)CC[C@]5(C)C4CCC3(C)C1C2C. The van der Waals surface area contributed by atoms with Crippen LogP contribution in [-0.4, -0.2) is 82.3 Å². The molecule has 1 spiro atoms. The molecule has 234 valence electrons. The smallest absolute Gasteiger partial charge is 0.186 e. The number of rotatable bonds is 3. The van der Waals surface area contributed by atoms with E-state index in [2.05, 4.69) is 27.7 Å². The summed E-state index contributed by atoms with van der Waals surface area (Å²) >= 11 is 0. The number of ether oxygens (including phenoxy) is 4. The molecule has 10 unspecified atom stereocenters. The molecule has 0 amide bonds. The van der Waals surface area contributed by atoms with Crippen LogP contribution in [0.4, 0.5) is 0 Å². The Morgan fingerprint density at radius 3 is 2.34 bits per heavy atom. The number of fused-ring (bicyclic) bond motifs is 7. The second-order valence-electron chi connectivity index (χ2n) is 15.9. The van der Waals surface area contributed by atoms with Crippen molar-refractivity contribution in [3.05, 3.63) is 0 Å². The highest BCUT2D eigenvalue weighted by Crippen LogP contribution is 2.71. The van der Waals surface area contributed by atoms with Gasteiger partial charge in [-0.3, -0.25) is 0 Å². The van der Waals surface area contributed by atoms with Gasteiger partial charge in [0, 0.05) is 12.3 Å². The van der Waals surface area contributed by atoms with Crippen LogP contribution < -0.4 is 0 Å². The number of aliphatic hydroxyl groups is 4. The van der Waals surface area contributed by atoms with E-state index in [4.69, 9.17) is 18.9 Å². The molecular weight excluding hydrogens is 524 g/mol. The van der Waals surface area contributed by atoms with E-state index in [0.717, 1.165) is 50.0 Å². The van der Waals surface area contributed by atoms with Crippen LogP contribution in [-0.2, 0) is 18.9 Å². The zero-order valence-electron chi connectivity index (χ0n) is 25.5. The fraction of sp³-hybridized carbons (Fsp3) is 1.00. The average Bonchev–Trinajstić information content (AvgIpc) is 3.40. The van der Waals surface area contributed by atoms with Crippen molar-refractivity contribution >= 4 is 0 Å². The molecule has 8 heteroatoms. The Bertz CT molecular complexity index is 967. The van der Waals surface area contributed by atoms with Gasteiger partial charge in [-0.05, 0) is 104 Å². The van der Waals surface area contributed by atoms with Crippen LogP contribution in [0, 0.1) is 52.3 Å². The monoisotopic (exact) mass is 578 g/mol. The van der Waals surface area contributed by atoms with Crippen LogP contribution in [0.2, 0.25) is 0 Å². The molecule has 0 radical (unpaired) electrons. The molecule has 7 fully saturated rings. The standard InChI is InChI=1S/C33H54O8/c1-17-7-12-33(38-16-17)18(2)26-24(41-33)14-23-21-6-5-19-13-20(8-10-31(19,3)22(21)9-11-32(23,26)4)39-30-29(37)28(36)27(35)25(15-34)40-30/h17-30,34-37H,5-16H2,1-4H3/t17?,18?,19-,20?,21?,22?,23?,24?,25-,26?,27+,28-,29-,30-,31+,32?,33?/m1/s1. The second-order valence-corrected chi connectivity index (χ2v) is 15.9. The lowest BCUT2D eigenvalue weighted by molar-refractivity contribution is -0.316. The quantitative estimate of drug-likeness (QED) is 0.375. The Morgan fingerprint density at radius 2 is 1.61 bits per heavy atom. The van der Waals surface area contributed by atoms with E-state index in [1.54, 1.807) is 0 Å². The molecule has 3 heterocycles. The summed E-state index contributed by atoms with van der Waals surface area (Å²) in [6.45, 7) is 10.3. The van der Waals surface area contributed by atoms with Gasteiger partial charge in [0.2, 0.25) is 0 Å². The number of aliphatic hydroxyl groups excluding tert-OH is 4. The van der Waals surface area contributed by atoms with Crippen molar-refractivity contribution in [1.29, 1.82) is 0 Å². The molecule has 0 bridgehead atoms. The summed E-state index contributed by atoms with van der Waals surface area (Å²) in [4.78, 5) is 0. The van der Waals surface area contributed by atoms with Crippen LogP contribution in [0.15, 0.2) is 0 Å². The maximum absolute atomic E-state index is 10.5. The van der Waals surface area contributed by atoms with Crippen molar-refractivity contribution < 1.29 is 39.4 Å². The van der Waals surface area contributed by atoms with E-state index in [1.807, 2.05) is 0 Å². The zero-order valence-corrected chi connectivity index (χ0v) is 25.5. The van der Waals surface area contributed by atoms with Gasteiger partial charge in [0.1, 0.15) is 24.4 Å². The Labute approximate surface area is 245 Å². The van der Waals surface area contributed by atoms with Gasteiger partial charge in [-0.1, -0.05) is 27.7 Å². The van der Waals surface area contributed by atoms with Gasteiger partial charge < -0.3 is 39.4 Å². The summed E-state index contributed by atoms with van der Waals surface area (Å²) in [6.07, 6.45) is 5.64. The third-order valence-electron chi connectivity index (χ3n) is 14.1. The van der Waals surface area contributed by atoms with Crippen molar-refractivity contribution in [3.8, 4) is 0 Å². The van der Waals surface area contributed by atoms with Gasteiger partial charge in [0.05, 0.1) is 25.4 Å². The Balaban J connectivity index is 1.03. The van der Waals surface area contributed by atoms with E-state index in [0.29, 0.717) is 35.2 Å². The molecule has 0 aromatic heterocycles. The fourth-order valence-corrected chi connectivity index (χ4v) is 11.7. The summed E-state index contributed by atoms with van der Waals surface area (Å²) in [5, 5.41) is 40.4. The molecule has 3 saturated heterocycles. The molecule has 41 heavy (non-hydrogen) atoms. The molecule has 8 nitrogen and oxygen atoms in total. The van der Waals surface area contributed by atoms with Crippen molar-refractivity contribution in [2.45, 2.75) is 141 Å². The maximum atomic E-state index is 10.5. The Kier molecular flexibility index (Phi) is 7.43. The first-order valence-electron chi connectivity index (χ1n) is 16.8. The lowest BCUT2D eigenvalue weighted by Gasteiger charge is -2.61. The van der Waals surface area contributed by atoms with Gasteiger partial charge >= 0.3 is 0 Å². The molecule has 4 aliphatic carbocycles. The first-order valence-corrected chi connectivity index (χ1v) is 16.8. The predicted molar refractivity (Wildman–Crippen MR) is 150 cm³/mol. The minimum atomic E-state index is -1.40. The number of hydrogen-bond acceptors (Lipinski definition) is 8. The van der Waals surface area contributed by atoms with Crippen molar-refractivity contribution in [2.75, 3.05) is 13.2 Å². The molecule has 17 atom stereocenters. The number of hydrogen-bond donors (Lipinski definition) is 4. The summed E-state index contributed by atoms with van der Waals surface area (Å²) in [5.41, 5.74) is 0.612. The van der Waals surface area contributed by atoms with Crippen LogP contribution in [0.3, 0.4) is 0 Å². The van der Waals surface area contributed by atoms with E-state index in [-0.39, 0.29) is 17.3 Å². The fourth-order valence-electron chi connectivity index (χ4n) is 11.7. The first-order chi connectivity index (χ1) is 19.5. The molecule has 7 aliphatic rings. The summed E-state index contributed by atoms with van der Waals surface area (Å²) in [7, 11) is 0. The Hall–Kier alpha value is -0.320. The van der Waals surface area contributed by atoms with E-state index < -0.39 is 37.3 Å². The molecule has 0 aromatic carbocycles. The van der Waals surface area contributed by atoms with Crippen LogP contribution in [0.25, 0.3) is 0 Å². The van der Waals surface area contributed by atoms with E-state index in [9.17, 15) is 20.4 Å². The molecular formula is C33H54O8. The molecule has 4 saturated carbocycles. The van der Waals surface area contributed by atoms with E-state index >= 15 is 0 Å². The van der Waals surface area contributed by atoms with Crippen LogP contribution >= 0.6 is 0 Å². The van der Waals surface area contributed by atoms with Gasteiger partial charge in [0.15, 0.2) is 12.1 Å². The first kappa shape index (κ1) is 29.4. The van der Waals surface area contributed by atoms with E-state index in [1.165, 1.54) is 38.5 Å². The van der Waals surface area contributed by atoms with Crippen LogP contribution in [0.1, 0.15) is 91.9 Å². The van der Waals surface area contributed by atoms with Crippen molar-refractivity contribution in [3.63, 3.8) is 0 Å². The predicted octanol–water partition coefficient (Wildman–Crippen LogP) is 3.62. The minimum absolute atomic E-state index is 0.0607. The zero-order chi connectivity index (χ0) is 28.9. The third-order valence-corrected chi connectivity index (χ3v) is 14.1. The molecule has 3 aliphatic heterocycles. The third kappa shape index (κ3) is 4.36. The molecule has 4 N–H and O–H groups in total. The van der Waals surface area contributed by atoms with Gasteiger partial charge in [0.25, 0.3) is 0 Å². The van der Waals surface area contributed by atoms with Gasteiger partial charge in [-0.25, -0.2) is 0 Å². The highest BCUT2D eigenvalue weighted by atomic mass is 16.7. The summed E-state index contributed by atoms with van der Waals surface area (Å²) in [5.74, 6) is 4.08. The molecule has 0 aromatic rings. The lowest BCUT2D eigenvalue weighted by atomic mass is 9.44. The summed E-state index contributed by atoms with van der Waals surface area (Å²) < 4.78 is 25.4. The topological polar surface area (TPSA) is 118 Å². The van der Waals surface area contributed by atoms with Crippen molar-refractivity contribution in [2.24, 2.45) is 52.3 Å². The normalized spacial score (nSPS) is 60.3. The second kappa shape index (κ2) is 10.4. The largest absolute Gasteiger partial charge is 0.394 e. The maximum Gasteiger partial charge on any atom is 0.186 e.